The summed E-state index contributed by atoms with van der Waals surface area (Å²) in [5.41, 5.74) is 6.43. The molecule has 1 unspecified atom stereocenters. The van der Waals surface area contributed by atoms with Crippen molar-refractivity contribution in [3.63, 3.8) is 0 Å². The second-order valence-corrected chi connectivity index (χ2v) is 4.17. The lowest BCUT2D eigenvalue weighted by molar-refractivity contribution is 0.191. The normalized spacial score (nSPS) is 12.3. The lowest BCUT2D eigenvalue weighted by atomic mass is 10.2. The van der Waals surface area contributed by atoms with Gasteiger partial charge in [0.2, 0.25) is 0 Å². The number of nitrogens with two attached hydrogens (primary N) is 1. The van der Waals surface area contributed by atoms with E-state index in [9.17, 15) is 0 Å². The molecule has 96 valence electrons. The highest BCUT2D eigenvalue weighted by molar-refractivity contribution is 5.29. The highest BCUT2D eigenvalue weighted by atomic mass is 16.5. The van der Waals surface area contributed by atoms with Crippen LogP contribution in [0.2, 0.25) is 0 Å². The van der Waals surface area contributed by atoms with Crippen LogP contribution in [0, 0.1) is 0 Å². The Labute approximate surface area is 107 Å². The van der Waals surface area contributed by atoms with Crippen molar-refractivity contribution in [2.75, 3.05) is 6.54 Å². The molecule has 0 aliphatic rings. The fourth-order valence-corrected chi connectivity index (χ4v) is 1.65. The molecule has 0 fully saturated rings. The van der Waals surface area contributed by atoms with Crippen molar-refractivity contribution >= 4 is 0 Å². The lowest BCUT2D eigenvalue weighted by Gasteiger charge is -2.10. The largest absolute Gasteiger partial charge is 0.459 e. The van der Waals surface area contributed by atoms with Gasteiger partial charge in [-0.15, -0.1) is 5.10 Å². The quantitative estimate of drug-likeness (QED) is 0.843. The second kappa shape index (κ2) is 6.16. The molecule has 2 N–H and O–H groups in total. The molecule has 5 heteroatoms. The van der Waals surface area contributed by atoms with E-state index in [1.54, 1.807) is 11.0 Å². The molecule has 2 aromatic rings. The van der Waals surface area contributed by atoms with E-state index >= 15 is 0 Å². The number of hydrogen-bond acceptors (Lipinski definition) is 4. The molecular weight excluding hydrogens is 228 g/mol. The molecule has 1 atom stereocenters. The van der Waals surface area contributed by atoms with Gasteiger partial charge in [-0.05, 0) is 38.4 Å². The standard InChI is InChI=1S/C13H18N4O/c1-11(6-5-9-14)18-13-15-10-17(16-13)12-7-3-2-4-8-12/h2-4,7-8,10-11H,5-6,9,14H2,1H3. The Kier molecular flexibility index (Phi) is 4.30. The van der Waals surface area contributed by atoms with Crippen LogP contribution in [0.3, 0.4) is 0 Å². The van der Waals surface area contributed by atoms with Gasteiger partial charge in [0.25, 0.3) is 0 Å². The third-order valence-electron chi connectivity index (χ3n) is 2.61. The molecule has 0 bridgehead atoms. The van der Waals surface area contributed by atoms with E-state index in [1.807, 2.05) is 37.3 Å². The van der Waals surface area contributed by atoms with Crippen molar-refractivity contribution in [2.45, 2.75) is 25.9 Å². The molecule has 0 radical (unpaired) electrons. The number of benzene rings is 1. The van der Waals surface area contributed by atoms with Crippen LogP contribution in [0.4, 0.5) is 0 Å². The molecule has 0 saturated heterocycles. The molecular formula is C13H18N4O. The highest BCUT2D eigenvalue weighted by Crippen LogP contribution is 2.11. The monoisotopic (exact) mass is 246 g/mol. The minimum Gasteiger partial charge on any atom is -0.459 e. The van der Waals surface area contributed by atoms with Crippen LogP contribution in [0.15, 0.2) is 36.7 Å². The first-order valence-electron chi connectivity index (χ1n) is 6.13. The Morgan fingerprint density at radius 1 is 1.33 bits per heavy atom. The van der Waals surface area contributed by atoms with E-state index in [4.69, 9.17) is 10.5 Å². The number of ether oxygens (including phenoxy) is 1. The molecule has 0 saturated carbocycles. The van der Waals surface area contributed by atoms with Gasteiger partial charge in [-0.2, -0.15) is 4.98 Å². The average Bonchev–Trinajstić information content (AvgIpc) is 2.86. The molecule has 18 heavy (non-hydrogen) atoms. The fraction of sp³-hybridized carbons (Fsp3) is 0.385. The first-order valence-corrected chi connectivity index (χ1v) is 6.13. The molecule has 1 aromatic carbocycles. The van der Waals surface area contributed by atoms with Crippen LogP contribution in [-0.2, 0) is 0 Å². The maximum Gasteiger partial charge on any atom is 0.336 e. The van der Waals surface area contributed by atoms with Gasteiger partial charge in [-0.3, -0.25) is 0 Å². The Hall–Kier alpha value is -1.88. The van der Waals surface area contributed by atoms with Crippen molar-refractivity contribution in [2.24, 2.45) is 5.73 Å². The SMILES string of the molecule is CC(CCCN)Oc1ncn(-c2ccccc2)n1. The van der Waals surface area contributed by atoms with Crippen LogP contribution >= 0.6 is 0 Å². The third kappa shape index (κ3) is 3.30. The van der Waals surface area contributed by atoms with Gasteiger partial charge < -0.3 is 10.5 Å². The van der Waals surface area contributed by atoms with Gasteiger partial charge in [0.05, 0.1) is 11.8 Å². The van der Waals surface area contributed by atoms with E-state index < -0.39 is 0 Å². The van der Waals surface area contributed by atoms with Crippen molar-refractivity contribution in [1.82, 2.24) is 14.8 Å². The maximum atomic E-state index is 5.62. The van der Waals surface area contributed by atoms with E-state index in [-0.39, 0.29) is 6.10 Å². The Morgan fingerprint density at radius 2 is 2.11 bits per heavy atom. The van der Waals surface area contributed by atoms with Gasteiger partial charge in [0.15, 0.2) is 0 Å². The van der Waals surface area contributed by atoms with Gasteiger partial charge >= 0.3 is 6.01 Å². The number of para-hydroxylation sites is 1. The van der Waals surface area contributed by atoms with E-state index in [1.165, 1.54) is 0 Å². The summed E-state index contributed by atoms with van der Waals surface area (Å²) in [5, 5.41) is 4.28. The van der Waals surface area contributed by atoms with Crippen LogP contribution in [0.25, 0.3) is 5.69 Å². The van der Waals surface area contributed by atoms with E-state index in [0.717, 1.165) is 18.5 Å². The topological polar surface area (TPSA) is 66.0 Å². The molecule has 0 aliphatic carbocycles. The predicted octanol–water partition coefficient (Wildman–Crippen LogP) is 1.77. The highest BCUT2D eigenvalue weighted by Gasteiger charge is 2.08. The first kappa shape index (κ1) is 12.6. The second-order valence-electron chi connectivity index (χ2n) is 4.17. The minimum absolute atomic E-state index is 0.0835. The number of aromatic nitrogens is 3. The van der Waals surface area contributed by atoms with Crippen LogP contribution in [0.1, 0.15) is 19.8 Å². The summed E-state index contributed by atoms with van der Waals surface area (Å²) in [5.74, 6) is 0. The van der Waals surface area contributed by atoms with Crippen LogP contribution in [0.5, 0.6) is 6.01 Å². The molecule has 5 nitrogen and oxygen atoms in total. The summed E-state index contributed by atoms with van der Waals surface area (Å²) in [6.45, 7) is 2.68. The Morgan fingerprint density at radius 3 is 2.83 bits per heavy atom. The van der Waals surface area contributed by atoms with Crippen molar-refractivity contribution in [1.29, 1.82) is 0 Å². The number of hydrogen-bond donors (Lipinski definition) is 1. The molecule has 0 spiro atoms. The van der Waals surface area contributed by atoms with Crippen molar-refractivity contribution in [3.05, 3.63) is 36.7 Å². The summed E-state index contributed by atoms with van der Waals surface area (Å²) in [6.07, 6.45) is 3.59. The average molecular weight is 246 g/mol. The summed E-state index contributed by atoms with van der Waals surface area (Å²) in [4.78, 5) is 4.14. The van der Waals surface area contributed by atoms with Crippen LogP contribution < -0.4 is 10.5 Å². The zero-order valence-corrected chi connectivity index (χ0v) is 10.5. The zero-order chi connectivity index (χ0) is 12.8. The number of rotatable bonds is 6. The van der Waals surface area contributed by atoms with E-state index in [0.29, 0.717) is 12.6 Å². The minimum atomic E-state index is 0.0835. The van der Waals surface area contributed by atoms with Gasteiger partial charge in [0, 0.05) is 0 Å². The third-order valence-corrected chi connectivity index (χ3v) is 2.61. The molecule has 1 heterocycles. The van der Waals surface area contributed by atoms with Gasteiger partial charge in [-0.25, -0.2) is 4.68 Å². The molecule has 0 aliphatic heterocycles. The predicted molar refractivity (Wildman–Crippen MR) is 69.7 cm³/mol. The van der Waals surface area contributed by atoms with Crippen molar-refractivity contribution < 1.29 is 4.74 Å². The van der Waals surface area contributed by atoms with Gasteiger partial charge in [0.1, 0.15) is 6.33 Å². The summed E-state index contributed by atoms with van der Waals surface area (Å²) >= 11 is 0. The smallest absolute Gasteiger partial charge is 0.336 e. The summed E-state index contributed by atoms with van der Waals surface area (Å²) < 4.78 is 7.32. The lowest BCUT2D eigenvalue weighted by Crippen LogP contribution is -2.14. The fourth-order valence-electron chi connectivity index (χ4n) is 1.65. The van der Waals surface area contributed by atoms with Crippen LogP contribution in [-0.4, -0.2) is 27.4 Å². The zero-order valence-electron chi connectivity index (χ0n) is 10.5. The molecule has 0 amide bonds. The summed E-state index contributed by atoms with van der Waals surface area (Å²) in [6, 6.07) is 10.2. The Bertz CT molecular complexity index is 469. The number of nitrogens with zero attached hydrogens (tertiary/aromatic N) is 3. The maximum absolute atomic E-state index is 5.62. The summed E-state index contributed by atoms with van der Waals surface area (Å²) in [7, 11) is 0. The Balaban J connectivity index is 1.98. The molecule has 2 rings (SSSR count). The van der Waals surface area contributed by atoms with Crippen molar-refractivity contribution in [3.8, 4) is 11.7 Å². The first-order chi connectivity index (χ1) is 8.79. The molecule has 1 aromatic heterocycles. The van der Waals surface area contributed by atoms with E-state index in [2.05, 4.69) is 10.1 Å². The van der Waals surface area contributed by atoms with Gasteiger partial charge in [-0.1, -0.05) is 18.2 Å².